The van der Waals surface area contributed by atoms with E-state index in [-0.39, 0.29) is 6.04 Å². The Bertz CT molecular complexity index is 392. The fourth-order valence-corrected chi connectivity index (χ4v) is 2.65. The van der Waals surface area contributed by atoms with Crippen molar-refractivity contribution in [3.05, 3.63) is 35.4 Å². The normalized spacial score (nSPS) is 16.9. The van der Waals surface area contributed by atoms with Crippen LogP contribution >= 0.6 is 0 Å². The van der Waals surface area contributed by atoms with Crippen LogP contribution in [0.2, 0.25) is 0 Å². The summed E-state index contributed by atoms with van der Waals surface area (Å²) in [6, 6.07) is 9.78. The third-order valence-corrected chi connectivity index (χ3v) is 4.30. The van der Waals surface area contributed by atoms with Gasteiger partial charge in [-0.15, -0.1) is 0 Å². The zero-order chi connectivity index (χ0) is 14.5. The molecule has 0 aliphatic heterocycles. The Morgan fingerprint density at radius 1 is 1.20 bits per heavy atom. The number of nitrogens with zero attached hydrogens (tertiary/aromatic N) is 1. The van der Waals surface area contributed by atoms with E-state index in [2.05, 4.69) is 49.9 Å². The number of nitrogens with two attached hydrogens (primary N) is 1. The van der Waals surface area contributed by atoms with E-state index in [1.807, 2.05) is 0 Å². The van der Waals surface area contributed by atoms with E-state index in [4.69, 9.17) is 5.73 Å². The molecule has 1 saturated carbocycles. The first kappa shape index (κ1) is 15.5. The van der Waals surface area contributed by atoms with Gasteiger partial charge in [0.2, 0.25) is 0 Å². The summed E-state index contributed by atoms with van der Waals surface area (Å²) in [5.74, 6) is 0.774. The highest BCUT2D eigenvalue weighted by molar-refractivity contribution is 5.25. The number of aryl methyl sites for hydroxylation is 1. The number of rotatable bonds is 8. The Kier molecular flexibility index (Phi) is 5.62. The van der Waals surface area contributed by atoms with Gasteiger partial charge in [-0.2, -0.15) is 0 Å². The summed E-state index contributed by atoms with van der Waals surface area (Å²) >= 11 is 0. The molecule has 1 aliphatic rings. The van der Waals surface area contributed by atoms with Crippen LogP contribution in [0, 0.1) is 5.92 Å². The van der Waals surface area contributed by atoms with Crippen molar-refractivity contribution in [1.29, 1.82) is 0 Å². The maximum Gasteiger partial charge on any atom is 0.0424 e. The average molecular weight is 274 g/mol. The molecule has 0 bridgehead atoms. The second-order valence-corrected chi connectivity index (χ2v) is 6.61. The van der Waals surface area contributed by atoms with Gasteiger partial charge in [-0.05, 0) is 49.3 Å². The first-order valence-electron chi connectivity index (χ1n) is 8.18. The van der Waals surface area contributed by atoms with Crippen molar-refractivity contribution in [2.24, 2.45) is 11.7 Å². The largest absolute Gasteiger partial charge is 0.323 e. The van der Waals surface area contributed by atoms with Crippen molar-refractivity contribution in [1.82, 2.24) is 4.90 Å². The van der Waals surface area contributed by atoms with Gasteiger partial charge in [0.1, 0.15) is 0 Å². The molecule has 20 heavy (non-hydrogen) atoms. The highest BCUT2D eigenvalue weighted by Gasteiger charge is 2.29. The van der Waals surface area contributed by atoms with Gasteiger partial charge < -0.3 is 5.73 Å². The topological polar surface area (TPSA) is 29.3 Å². The number of benzene rings is 1. The molecular weight excluding hydrogens is 244 g/mol. The Balaban J connectivity index is 1.91. The molecule has 1 unspecified atom stereocenters. The first-order valence-corrected chi connectivity index (χ1v) is 8.18. The predicted molar refractivity (Wildman–Crippen MR) is 86.8 cm³/mol. The van der Waals surface area contributed by atoms with Crippen LogP contribution in [-0.4, -0.2) is 24.0 Å². The molecule has 0 spiro atoms. The fraction of sp³-hybridized carbons (Fsp3) is 0.667. The first-order chi connectivity index (χ1) is 9.60. The maximum atomic E-state index is 6.42. The van der Waals surface area contributed by atoms with E-state index >= 15 is 0 Å². The number of hydrogen-bond acceptors (Lipinski definition) is 2. The molecule has 112 valence electrons. The molecule has 1 aromatic carbocycles. The summed E-state index contributed by atoms with van der Waals surface area (Å²) < 4.78 is 0. The zero-order valence-electron chi connectivity index (χ0n) is 13.3. The molecule has 1 atom stereocenters. The molecule has 0 heterocycles. The standard InChI is InChI=1S/C18H30N2/c1-4-15-5-7-16(8-6-15)18(19)13-20(17-9-10-17)12-11-14(2)3/h5-8,14,17-18H,4,9-13,19H2,1-3H3. The van der Waals surface area contributed by atoms with Crippen LogP contribution in [0.5, 0.6) is 0 Å². The lowest BCUT2D eigenvalue weighted by Gasteiger charge is -2.26. The van der Waals surface area contributed by atoms with Crippen LogP contribution in [0.25, 0.3) is 0 Å². The summed E-state index contributed by atoms with van der Waals surface area (Å²) in [6.45, 7) is 8.99. The van der Waals surface area contributed by atoms with Crippen molar-refractivity contribution in [2.75, 3.05) is 13.1 Å². The minimum absolute atomic E-state index is 0.147. The van der Waals surface area contributed by atoms with E-state index in [9.17, 15) is 0 Å². The lowest BCUT2D eigenvalue weighted by atomic mass is 10.0. The second-order valence-electron chi connectivity index (χ2n) is 6.61. The van der Waals surface area contributed by atoms with Gasteiger partial charge in [0.15, 0.2) is 0 Å². The van der Waals surface area contributed by atoms with Crippen molar-refractivity contribution in [3.8, 4) is 0 Å². The third kappa shape index (κ3) is 4.60. The summed E-state index contributed by atoms with van der Waals surface area (Å²) in [7, 11) is 0. The smallest absolute Gasteiger partial charge is 0.0424 e. The summed E-state index contributed by atoms with van der Waals surface area (Å²) in [4.78, 5) is 2.61. The van der Waals surface area contributed by atoms with Crippen LogP contribution in [-0.2, 0) is 6.42 Å². The van der Waals surface area contributed by atoms with Crippen molar-refractivity contribution in [2.45, 2.75) is 58.5 Å². The van der Waals surface area contributed by atoms with Gasteiger partial charge in [0, 0.05) is 18.6 Å². The Morgan fingerprint density at radius 3 is 2.35 bits per heavy atom. The Hall–Kier alpha value is -0.860. The lowest BCUT2D eigenvalue weighted by Crippen LogP contribution is -2.35. The van der Waals surface area contributed by atoms with E-state index in [0.29, 0.717) is 0 Å². The summed E-state index contributed by atoms with van der Waals surface area (Å²) in [5, 5.41) is 0. The van der Waals surface area contributed by atoms with E-state index in [1.54, 1.807) is 0 Å². The molecule has 0 amide bonds. The summed E-state index contributed by atoms with van der Waals surface area (Å²) in [5.41, 5.74) is 9.08. The molecular formula is C18H30N2. The van der Waals surface area contributed by atoms with E-state index < -0.39 is 0 Å². The molecule has 1 aromatic rings. The van der Waals surface area contributed by atoms with Crippen LogP contribution < -0.4 is 5.73 Å². The Labute approximate surface area is 124 Å². The molecule has 2 rings (SSSR count). The van der Waals surface area contributed by atoms with E-state index in [0.717, 1.165) is 24.9 Å². The predicted octanol–water partition coefficient (Wildman–Crippen LogP) is 3.76. The Morgan fingerprint density at radius 2 is 1.85 bits per heavy atom. The summed E-state index contributed by atoms with van der Waals surface area (Å²) in [6.07, 6.45) is 5.09. The fourth-order valence-electron chi connectivity index (χ4n) is 2.65. The van der Waals surface area contributed by atoms with Gasteiger partial charge in [0.25, 0.3) is 0 Å². The third-order valence-electron chi connectivity index (χ3n) is 4.30. The highest BCUT2D eigenvalue weighted by atomic mass is 15.2. The molecule has 2 nitrogen and oxygen atoms in total. The second kappa shape index (κ2) is 7.24. The van der Waals surface area contributed by atoms with Gasteiger partial charge in [-0.1, -0.05) is 45.0 Å². The molecule has 2 N–H and O–H groups in total. The number of hydrogen-bond donors (Lipinski definition) is 1. The minimum atomic E-state index is 0.147. The van der Waals surface area contributed by atoms with Crippen molar-refractivity contribution >= 4 is 0 Å². The van der Waals surface area contributed by atoms with Gasteiger partial charge in [0.05, 0.1) is 0 Å². The molecule has 0 radical (unpaired) electrons. The molecule has 1 aliphatic carbocycles. The monoisotopic (exact) mass is 274 g/mol. The van der Waals surface area contributed by atoms with Gasteiger partial charge in [-0.3, -0.25) is 4.90 Å². The van der Waals surface area contributed by atoms with Gasteiger partial charge in [-0.25, -0.2) is 0 Å². The zero-order valence-corrected chi connectivity index (χ0v) is 13.3. The van der Waals surface area contributed by atoms with E-state index in [1.165, 1.54) is 36.9 Å². The molecule has 0 saturated heterocycles. The molecule has 2 heteroatoms. The van der Waals surface area contributed by atoms with Crippen LogP contribution in [0.1, 0.15) is 57.2 Å². The van der Waals surface area contributed by atoms with Crippen LogP contribution in [0.4, 0.5) is 0 Å². The molecule has 1 fully saturated rings. The van der Waals surface area contributed by atoms with Crippen LogP contribution in [0.15, 0.2) is 24.3 Å². The van der Waals surface area contributed by atoms with Crippen LogP contribution in [0.3, 0.4) is 0 Å². The highest BCUT2D eigenvalue weighted by Crippen LogP contribution is 2.29. The van der Waals surface area contributed by atoms with Crippen molar-refractivity contribution in [3.63, 3.8) is 0 Å². The van der Waals surface area contributed by atoms with Gasteiger partial charge >= 0.3 is 0 Å². The lowest BCUT2D eigenvalue weighted by molar-refractivity contribution is 0.233. The van der Waals surface area contributed by atoms with Crippen molar-refractivity contribution < 1.29 is 0 Å². The molecule has 0 aromatic heterocycles. The maximum absolute atomic E-state index is 6.42. The minimum Gasteiger partial charge on any atom is -0.323 e. The average Bonchev–Trinajstić information content (AvgIpc) is 3.27. The quantitative estimate of drug-likeness (QED) is 0.782. The SMILES string of the molecule is CCc1ccc(C(N)CN(CCC(C)C)C2CC2)cc1.